The van der Waals surface area contributed by atoms with Crippen molar-refractivity contribution in [1.82, 2.24) is 5.43 Å². The maximum absolute atomic E-state index is 12.3. The molecular weight excluding hydrogens is 450 g/mol. The summed E-state index contributed by atoms with van der Waals surface area (Å²) in [7, 11) is 0. The number of hydrogen-bond acceptors (Lipinski definition) is 3. The zero-order valence-electron chi connectivity index (χ0n) is 14.2. The summed E-state index contributed by atoms with van der Waals surface area (Å²) >= 11 is 6.97. The molecule has 1 aromatic carbocycles. The van der Waals surface area contributed by atoms with Crippen LogP contribution in [0.3, 0.4) is 0 Å². The minimum atomic E-state index is -0.505. The second-order valence-corrected chi connectivity index (χ2v) is 10.8. The zero-order valence-corrected chi connectivity index (χ0v) is 17.4. The SMILES string of the molecule is CC(=NNC(=O)C1(C)CC1(Br)Br)c1cccc(NC(=O)C2CCC2)c1. The Morgan fingerprint density at radius 1 is 1.28 bits per heavy atom. The standard InChI is InChI=1S/C18H21Br2N3O2/c1-11(22-23-16(25)17(2)10-18(17,19)20)13-7-4-8-14(9-13)21-15(24)12-5-3-6-12/h4,7-9,12H,3,5-6,10H2,1-2H3,(H,21,24)(H,23,25). The number of hydrazone groups is 1. The number of amides is 2. The summed E-state index contributed by atoms with van der Waals surface area (Å²) in [6.45, 7) is 3.71. The molecule has 1 aromatic rings. The number of carbonyl (C=O) groups is 2. The maximum Gasteiger partial charge on any atom is 0.248 e. The highest BCUT2D eigenvalue weighted by atomic mass is 79.9. The monoisotopic (exact) mass is 469 g/mol. The number of benzene rings is 1. The first-order valence-electron chi connectivity index (χ1n) is 8.37. The van der Waals surface area contributed by atoms with Crippen molar-refractivity contribution in [2.45, 2.75) is 42.8 Å². The van der Waals surface area contributed by atoms with Gasteiger partial charge in [-0.2, -0.15) is 5.10 Å². The van der Waals surface area contributed by atoms with Gasteiger partial charge in [-0.1, -0.05) is 50.4 Å². The van der Waals surface area contributed by atoms with Crippen molar-refractivity contribution >= 4 is 55.1 Å². The third-order valence-electron chi connectivity index (χ3n) is 5.11. The zero-order chi connectivity index (χ0) is 18.2. The van der Waals surface area contributed by atoms with Gasteiger partial charge in [0.25, 0.3) is 0 Å². The minimum absolute atomic E-state index is 0.0823. The maximum atomic E-state index is 12.3. The van der Waals surface area contributed by atoms with Crippen LogP contribution in [0.5, 0.6) is 0 Å². The second kappa shape index (κ2) is 6.83. The molecule has 25 heavy (non-hydrogen) atoms. The second-order valence-electron chi connectivity index (χ2n) is 7.05. The Labute approximate surface area is 164 Å². The molecule has 3 rings (SSSR count). The van der Waals surface area contributed by atoms with E-state index in [9.17, 15) is 9.59 Å². The lowest BCUT2D eigenvalue weighted by Crippen LogP contribution is -2.30. The summed E-state index contributed by atoms with van der Waals surface area (Å²) in [6, 6.07) is 7.51. The predicted molar refractivity (Wildman–Crippen MR) is 106 cm³/mol. The molecule has 1 atom stereocenters. The summed E-state index contributed by atoms with van der Waals surface area (Å²) in [5.74, 6) is 0.0970. The van der Waals surface area contributed by atoms with Gasteiger partial charge in [-0.05, 0) is 50.8 Å². The minimum Gasteiger partial charge on any atom is -0.326 e. The average Bonchev–Trinajstić information content (AvgIpc) is 3.02. The van der Waals surface area contributed by atoms with Crippen LogP contribution in [-0.2, 0) is 9.59 Å². The van der Waals surface area contributed by atoms with Crippen LogP contribution < -0.4 is 10.7 Å². The lowest BCUT2D eigenvalue weighted by Gasteiger charge is -2.24. The van der Waals surface area contributed by atoms with Gasteiger partial charge in [-0.3, -0.25) is 9.59 Å². The molecule has 0 bridgehead atoms. The number of hydrogen-bond donors (Lipinski definition) is 2. The van der Waals surface area contributed by atoms with Crippen LogP contribution in [0.25, 0.3) is 0 Å². The molecule has 134 valence electrons. The van der Waals surface area contributed by atoms with E-state index in [-0.39, 0.29) is 21.0 Å². The van der Waals surface area contributed by atoms with Crippen LogP contribution in [0, 0.1) is 11.3 Å². The van der Waals surface area contributed by atoms with Crippen molar-refractivity contribution in [3.05, 3.63) is 29.8 Å². The molecule has 2 amide bonds. The van der Waals surface area contributed by atoms with Gasteiger partial charge in [0, 0.05) is 11.6 Å². The number of anilines is 1. The number of nitrogens with one attached hydrogen (secondary N) is 2. The normalized spacial score (nSPS) is 25.0. The molecule has 2 aliphatic rings. The molecule has 0 saturated heterocycles. The van der Waals surface area contributed by atoms with E-state index in [0.717, 1.165) is 30.5 Å². The highest BCUT2D eigenvalue weighted by Crippen LogP contribution is 2.66. The molecule has 5 nitrogen and oxygen atoms in total. The number of halogens is 2. The Bertz CT molecular complexity index is 744. The van der Waals surface area contributed by atoms with Gasteiger partial charge in [-0.25, -0.2) is 5.43 Å². The molecule has 0 aromatic heterocycles. The Kier molecular flexibility index (Phi) is 5.08. The summed E-state index contributed by atoms with van der Waals surface area (Å²) < 4.78 is -0.341. The first-order valence-corrected chi connectivity index (χ1v) is 9.95. The van der Waals surface area contributed by atoms with Gasteiger partial charge >= 0.3 is 0 Å². The smallest absolute Gasteiger partial charge is 0.248 e. The lowest BCUT2D eigenvalue weighted by atomic mass is 9.85. The topological polar surface area (TPSA) is 70.6 Å². The van der Waals surface area contributed by atoms with Gasteiger partial charge in [-0.15, -0.1) is 0 Å². The number of nitrogens with zero attached hydrogens (tertiary/aromatic N) is 1. The quantitative estimate of drug-likeness (QED) is 0.385. The fourth-order valence-corrected chi connectivity index (χ4v) is 4.19. The fraction of sp³-hybridized carbons (Fsp3) is 0.500. The van der Waals surface area contributed by atoms with Crippen molar-refractivity contribution < 1.29 is 9.59 Å². The molecule has 2 aliphatic carbocycles. The fourth-order valence-electron chi connectivity index (χ4n) is 2.71. The molecular formula is C18H21Br2N3O2. The Morgan fingerprint density at radius 3 is 2.52 bits per heavy atom. The van der Waals surface area contributed by atoms with Crippen LogP contribution >= 0.6 is 31.9 Å². The Hall–Kier alpha value is -1.21. The van der Waals surface area contributed by atoms with Gasteiger partial charge in [0.2, 0.25) is 11.8 Å². The van der Waals surface area contributed by atoms with Gasteiger partial charge < -0.3 is 5.32 Å². The van der Waals surface area contributed by atoms with Gasteiger partial charge in [0.15, 0.2) is 0 Å². The highest BCUT2D eigenvalue weighted by Gasteiger charge is 2.66. The van der Waals surface area contributed by atoms with Crippen LogP contribution in [0.1, 0.15) is 45.1 Å². The summed E-state index contributed by atoms with van der Waals surface area (Å²) in [6.07, 6.45) is 3.79. The first kappa shape index (κ1) is 18.6. The van der Waals surface area contributed by atoms with E-state index in [2.05, 4.69) is 47.7 Å². The van der Waals surface area contributed by atoms with E-state index in [4.69, 9.17) is 0 Å². The molecule has 0 heterocycles. The van der Waals surface area contributed by atoms with E-state index < -0.39 is 5.41 Å². The molecule has 2 saturated carbocycles. The van der Waals surface area contributed by atoms with E-state index in [1.54, 1.807) is 0 Å². The van der Waals surface area contributed by atoms with Crippen molar-refractivity contribution in [2.24, 2.45) is 16.4 Å². The predicted octanol–water partition coefficient (Wildman–Crippen LogP) is 4.16. The molecule has 0 aliphatic heterocycles. The third kappa shape index (κ3) is 3.82. The van der Waals surface area contributed by atoms with Gasteiger partial charge in [0.05, 0.1) is 14.4 Å². The number of rotatable bonds is 5. The molecule has 0 radical (unpaired) electrons. The molecule has 2 fully saturated rings. The van der Waals surface area contributed by atoms with Crippen molar-refractivity contribution in [1.29, 1.82) is 0 Å². The van der Waals surface area contributed by atoms with Crippen molar-refractivity contribution in [3.63, 3.8) is 0 Å². The molecule has 1 unspecified atom stereocenters. The lowest BCUT2D eigenvalue weighted by molar-refractivity contribution is -0.125. The highest BCUT2D eigenvalue weighted by molar-refractivity contribution is 9.25. The van der Waals surface area contributed by atoms with Crippen LogP contribution in [0.15, 0.2) is 29.4 Å². The van der Waals surface area contributed by atoms with Gasteiger partial charge in [0.1, 0.15) is 0 Å². The summed E-state index contributed by atoms with van der Waals surface area (Å²) in [5, 5.41) is 7.17. The van der Waals surface area contributed by atoms with Crippen LogP contribution in [-0.4, -0.2) is 20.8 Å². The molecule has 7 heteroatoms. The number of carbonyl (C=O) groups excluding carboxylic acids is 2. The number of alkyl halides is 2. The van der Waals surface area contributed by atoms with Crippen molar-refractivity contribution in [3.8, 4) is 0 Å². The van der Waals surface area contributed by atoms with E-state index >= 15 is 0 Å². The van der Waals surface area contributed by atoms with Crippen LogP contribution in [0.2, 0.25) is 0 Å². The average molecular weight is 471 g/mol. The van der Waals surface area contributed by atoms with E-state index in [1.807, 2.05) is 38.1 Å². The molecule has 2 N–H and O–H groups in total. The van der Waals surface area contributed by atoms with E-state index in [0.29, 0.717) is 12.1 Å². The molecule has 0 spiro atoms. The largest absolute Gasteiger partial charge is 0.326 e. The summed E-state index contributed by atoms with van der Waals surface area (Å²) in [4.78, 5) is 24.3. The third-order valence-corrected chi connectivity index (χ3v) is 7.42. The first-order chi connectivity index (χ1) is 11.7. The van der Waals surface area contributed by atoms with Crippen molar-refractivity contribution in [2.75, 3.05) is 5.32 Å². The van der Waals surface area contributed by atoms with Crippen LogP contribution in [0.4, 0.5) is 5.69 Å². The van der Waals surface area contributed by atoms with E-state index in [1.165, 1.54) is 0 Å². The summed E-state index contributed by atoms with van der Waals surface area (Å²) in [5.41, 5.74) is 4.43. The Balaban J connectivity index is 1.63. The Morgan fingerprint density at radius 2 is 1.96 bits per heavy atom.